The number of aromatic nitrogens is 2. The van der Waals surface area contributed by atoms with E-state index in [1.165, 1.54) is 6.42 Å². The topological polar surface area (TPSA) is 44.2 Å². The molecule has 1 fully saturated rings. The summed E-state index contributed by atoms with van der Waals surface area (Å²) in [7, 11) is 0. The fraction of sp³-hybridized carbons (Fsp3) is 0.733. The molecule has 0 aromatic carbocycles. The second-order valence-electron chi connectivity index (χ2n) is 5.74. The Morgan fingerprint density at radius 1 is 1.20 bits per heavy atom. The van der Waals surface area contributed by atoms with Crippen molar-refractivity contribution in [2.45, 2.75) is 52.7 Å². The lowest BCUT2D eigenvalue weighted by Crippen LogP contribution is -2.28. The molecule has 2 atom stereocenters. The maximum atomic E-state index is 6.02. The second kappa shape index (κ2) is 7.23. The molecule has 1 aromatic rings. The fourth-order valence-corrected chi connectivity index (χ4v) is 3.09. The first-order valence-electron chi connectivity index (χ1n) is 7.34. The van der Waals surface area contributed by atoms with Crippen LogP contribution in [0.15, 0.2) is 6.07 Å². The molecule has 20 heavy (non-hydrogen) atoms. The molecule has 1 aromatic heterocycles. The van der Waals surface area contributed by atoms with Crippen molar-refractivity contribution in [2.24, 2.45) is 11.8 Å². The standard InChI is InChI=1S/C15H23ClN2O2/c1-4-19-9-14-17-13(16)8-15(18-14)20-12-6-10(2)5-11(3)7-12/h8,10-12H,4-7,9H2,1-3H3. The molecular weight excluding hydrogens is 276 g/mol. The van der Waals surface area contributed by atoms with Crippen molar-refractivity contribution in [1.29, 1.82) is 0 Å². The average molecular weight is 299 g/mol. The van der Waals surface area contributed by atoms with Gasteiger partial charge in [0.05, 0.1) is 0 Å². The Kier molecular flexibility index (Phi) is 5.61. The highest BCUT2D eigenvalue weighted by Gasteiger charge is 2.25. The maximum absolute atomic E-state index is 6.02. The second-order valence-corrected chi connectivity index (χ2v) is 6.13. The molecule has 2 rings (SSSR count). The average Bonchev–Trinajstić information content (AvgIpc) is 2.34. The first kappa shape index (κ1) is 15.5. The van der Waals surface area contributed by atoms with Gasteiger partial charge in [0.1, 0.15) is 17.9 Å². The van der Waals surface area contributed by atoms with Crippen molar-refractivity contribution >= 4 is 11.6 Å². The van der Waals surface area contributed by atoms with Crippen LogP contribution in [0.25, 0.3) is 0 Å². The van der Waals surface area contributed by atoms with Gasteiger partial charge >= 0.3 is 0 Å². The molecule has 0 radical (unpaired) electrons. The normalized spacial score (nSPS) is 26.5. The van der Waals surface area contributed by atoms with Crippen LogP contribution >= 0.6 is 11.6 Å². The molecule has 0 saturated heterocycles. The molecule has 0 bridgehead atoms. The molecule has 1 heterocycles. The minimum Gasteiger partial charge on any atom is -0.474 e. The van der Waals surface area contributed by atoms with Gasteiger partial charge in [0, 0.05) is 12.7 Å². The number of hydrogen-bond acceptors (Lipinski definition) is 4. The van der Waals surface area contributed by atoms with E-state index in [2.05, 4.69) is 23.8 Å². The lowest BCUT2D eigenvalue weighted by Gasteiger charge is -2.31. The lowest BCUT2D eigenvalue weighted by atomic mass is 9.82. The summed E-state index contributed by atoms with van der Waals surface area (Å²) in [6.07, 6.45) is 3.65. The molecule has 0 aliphatic heterocycles. The first-order valence-corrected chi connectivity index (χ1v) is 7.72. The number of hydrogen-bond donors (Lipinski definition) is 0. The highest BCUT2D eigenvalue weighted by molar-refractivity contribution is 6.29. The van der Waals surface area contributed by atoms with Gasteiger partial charge in [-0.1, -0.05) is 25.4 Å². The highest BCUT2D eigenvalue weighted by atomic mass is 35.5. The zero-order valence-electron chi connectivity index (χ0n) is 12.4. The van der Waals surface area contributed by atoms with Gasteiger partial charge in [0.2, 0.25) is 5.88 Å². The molecule has 2 unspecified atom stereocenters. The van der Waals surface area contributed by atoms with E-state index in [0.717, 1.165) is 12.8 Å². The van der Waals surface area contributed by atoms with E-state index in [-0.39, 0.29) is 6.10 Å². The van der Waals surface area contributed by atoms with Crippen molar-refractivity contribution in [3.8, 4) is 5.88 Å². The number of ether oxygens (including phenoxy) is 2. The van der Waals surface area contributed by atoms with Crippen LogP contribution in [0.4, 0.5) is 0 Å². The quantitative estimate of drug-likeness (QED) is 0.774. The number of nitrogens with zero attached hydrogens (tertiary/aromatic N) is 2. The van der Waals surface area contributed by atoms with Crippen LogP contribution in [-0.2, 0) is 11.3 Å². The van der Waals surface area contributed by atoms with E-state index in [9.17, 15) is 0 Å². The fourth-order valence-electron chi connectivity index (χ4n) is 2.90. The Balaban J connectivity index is 2.02. The van der Waals surface area contributed by atoms with Crippen LogP contribution in [-0.4, -0.2) is 22.7 Å². The molecule has 112 valence electrons. The monoisotopic (exact) mass is 298 g/mol. The minimum atomic E-state index is 0.222. The molecule has 1 saturated carbocycles. The van der Waals surface area contributed by atoms with Crippen LogP contribution < -0.4 is 4.74 Å². The van der Waals surface area contributed by atoms with E-state index in [1.54, 1.807) is 6.07 Å². The van der Waals surface area contributed by atoms with Crippen LogP contribution in [0.1, 0.15) is 45.9 Å². The first-order chi connectivity index (χ1) is 9.56. The molecule has 1 aliphatic rings. The molecule has 0 N–H and O–H groups in total. The van der Waals surface area contributed by atoms with Crippen molar-refractivity contribution in [3.63, 3.8) is 0 Å². The smallest absolute Gasteiger partial charge is 0.218 e. The highest BCUT2D eigenvalue weighted by Crippen LogP contribution is 2.31. The summed E-state index contributed by atoms with van der Waals surface area (Å²) in [5.74, 6) is 2.53. The molecule has 0 amide bonds. The third-order valence-corrected chi connectivity index (χ3v) is 3.77. The van der Waals surface area contributed by atoms with E-state index in [4.69, 9.17) is 21.1 Å². The molecule has 5 heteroatoms. The lowest BCUT2D eigenvalue weighted by molar-refractivity contribution is 0.0940. The summed E-state index contributed by atoms with van der Waals surface area (Å²) < 4.78 is 11.3. The van der Waals surface area contributed by atoms with Gasteiger partial charge in [-0.25, -0.2) is 4.98 Å². The van der Waals surface area contributed by atoms with E-state index in [0.29, 0.717) is 41.9 Å². The van der Waals surface area contributed by atoms with Crippen molar-refractivity contribution < 1.29 is 9.47 Å². The van der Waals surface area contributed by atoms with Crippen LogP contribution in [0.5, 0.6) is 5.88 Å². The van der Waals surface area contributed by atoms with Crippen LogP contribution in [0.3, 0.4) is 0 Å². The van der Waals surface area contributed by atoms with Crippen LogP contribution in [0, 0.1) is 11.8 Å². The third kappa shape index (κ3) is 4.60. The molecule has 1 aliphatic carbocycles. The summed E-state index contributed by atoms with van der Waals surface area (Å²) in [6.45, 7) is 7.49. The van der Waals surface area contributed by atoms with Gasteiger partial charge < -0.3 is 9.47 Å². The Labute approximate surface area is 125 Å². The summed E-state index contributed by atoms with van der Waals surface area (Å²) in [4.78, 5) is 8.52. The van der Waals surface area contributed by atoms with E-state index in [1.807, 2.05) is 6.92 Å². The van der Waals surface area contributed by atoms with Crippen molar-refractivity contribution in [1.82, 2.24) is 9.97 Å². The third-order valence-electron chi connectivity index (χ3n) is 3.58. The maximum Gasteiger partial charge on any atom is 0.218 e. The van der Waals surface area contributed by atoms with Gasteiger partial charge in [-0.05, 0) is 38.0 Å². The zero-order valence-corrected chi connectivity index (χ0v) is 13.2. The van der Waals surface area contributed by atoms with E-state index < -0.39 is 0 Å². The summed E-state index contributed by atoms with van der Waals surface area (Å²) in [5, 5.41) is 0.404. The number of halogens is 1. The van der Waals surface area contributed by atoms with Gasteiger partial charge in [-0.3, -0.25) is 0 Å². The molecular formula is C15H23ClN2O2. The van der Waals surface area contributed by atoms with Gasteiger partial charge in [-0.2, -0.15) is 4.98 Å². The Morgan fingerprint density at radius 2 is 1.90 bits per heavy atom. The predicted octanol–water partition coefficient (Wildman–Crippen LogP) is 3.87. The zero-order chi connectivity index (χ0) is 14.5. The number of rotatable bonds is 5. The largest absolute Gasteiger partial charge is 0.474 e. The Bertz CT molecular complexity index is 432. The molecule has 4 nitrogen and oxygen atoms in total. The summed E-state index contributed by atoms with van der Waals surface area (Å²) >= 11 is 6.02. The van der Waals surface area contributed by atoms with Gasteiger partial charge in [0.25, 0.3) is 0 Å². The van der Waals surface area contributed by atoms with Crippen LogP contribution in [0.2, 0.25) is 5.15 Å². The Hall–Kier alpha value is -0.870. The van der Waals surface area contributed by atoms with Gasteiger partial charge in [0.15, 0.2) is 5.82 Å². The summed E-state index contributed by atoms with van der Waals surface area (Å²) in [6, 6.07) is 1.68. The Morgan fingerprint density at radius 3 is 2.55 bits per heavy atom. The molecule has 0 spiro atoms. The SMILES string of the molecule is CCOCc1nc(Cl)cc(OC2CC(C)CC(C)C2)n1. The predicted molar refractivity (Wildman–Crippen MR) is 79.0 cm³/mol. The minimum absolute atomic E-state index is 0.222. The van der Waals surface area contributed by atoms with Crippen molar-refractivity contribution in [2.75, 3.05) is 6.61 Å². The summed E-state index contributed by atoms with van der Waals surface area (Å²) in [5.41, 5.74) is 0. The van der Waals surface area contributed by atoms with E-state index >= 15 is 0 Å². The van der Waals surface area contributed by atoms with Gasteiger partial charge in [-0.15, -0.1) is 0 Å². The van der Waals surface area contributed by atoms with Crippen molar-refractivity contribution in [3.05, 3.63) is 17.0 Å².